The molecule has 2 aromatic rings. The lowest BCUT2D eigenvalue weighted by Crippen LogP contribution is -2.34. The second-order valence-electron chi connectivity index (χ2n) is 7.07. The van der Waals surface area contributed by atoms with Gasteiger partial charge in [-0.05, 0) is 50.8 Å². The summed E-state index contributed by atoms with van der Waals surface area (Å²) >= 11 is 12.1. The molecule has 158 valence electrons. The third kappa shape index (κ3) is 7.16. The van der Waals surface area contributed by atoms with Gasteiger partial charge in [-0.3, -0.25) is 9.59 Å². The van der Waals surface area contributed by atoms with Crippen LogP contribution in [0.25, 0.3) is 0 Å². The highest BCUT2D eigenvalue weighted by molar-refractivity contribution is 6.42. The Balaban J connectivity index is 2.25. The molecule has 0 unspecified atom stereocenters. The summed E-state index contributed by atoms with van der Waals surface area (Å²) in [6.07, 6.45) is 2.42. The number of carbonyl (C=O) groups excluding carboxylic acids is 1. The zero-order valence-electron chi connectivity index (χ0n) is 17.0. The second kappa shape index (κ2) is 11.4. The van der Waals surface area contributed by atoms with Crippen molar-refractivity contribution in [2.75, 3.05) is 40.9 Å². The number of pyridine rings is 1. The summed E-state index contributed by atoms with van der Waals surface area (Å²) in [5.41, 5.74) is 1.19. The normalized spacial score (nSPS) is 11.1. The first kappa shape index (κ1) is 23.4. The Bertz CT molecular complexity index is 884. The maximum Gasteiger partial charge on any atom is 0.255 e. The number of rotatable bonds is 10. The number of nitrogens with zero attached hydrogens (tertiary/aromatic N) is 3. The molecule has 29 heavy (non-hydrogen) atoms. The van der Waals surface area contributed by atoms with E-state index in [0.29, 0.717) is 41.8 Å². The molecule has 6 nitrogen and oxygen atoms in total. The van der Waals surface area contributed by atoms with Crippen LogP contribution in [0.1, 0.15) is 22.3 Å². The Labute approximate surface area is 181 Å². The summed E-state index contributed by atoms with van der Waals surface area (Å²) in [6, 6.07) is 8.35. The standard InChI is InChI=1S/C21H27Cl2N3O3/c1-24(2)9-4-10-26(14-16-5-7-18(22)19(23)13-16)21(28)17-6-8-20(27)25(15-17)11-12-29-3/h5-8,13,15H,4,9-12,14H2,1-3H3. The van der Waals surface area contributed by atoms with Gasteiger partial charge in [0.05, 0.1) is 22.2 Å². The summed E-state index contributed by atoms with van der Waals surface area (Å²) in [5.74, 6) is -0.138. The van der Waals surface area contributed by atoms with E-state index in [1.807, 2.05) is 20.2 Å². The van der Waals surface area contributed by atoms with Crippen LogP contribution < -0.4 is 5.56 Å². The summed E-state index contributed by atoms with van der Waals surface area (Å²) in [6.45, 7) is 2.63. The highest BCUT2D eigenvalue weighted by Crippen LogP contribution is 2.23. The number of hydrogen-bond donors (Lipinski definition) is 0. The Morgan fingerprint density at radius 1 is 1.10 bits per heavy atom. The Morgan fingerprint density at radius 3 is 2.52 bits per heavy atom. The molecule has 0 spiro atoms. The van der Waals surface area contributed by atoms with Crippen LogP contribution in [0, 0.1) is 0 Å². The van der Waals surface area contributed by atoms with Crippen LogP contribution in [0.15, 0.2) is 41.3 Å². The molecule has 1 heterocycles. The first-order valence-electron chi connectivity index (χ1n) is 9.39. The number of ether oxygens (including phenoxy) is 1. The van der Waals surface area contributed by atoms with Crippen molar-refractivity contribution in [2.45, 2.75) is 19.5 Å². The predicted octanol–water partition coefficient (Wildman–Crippen LogP) is 3.40. The van der Waals surface area contributed by atoms with Gasteiger partial charge < -0.3 is 19.1 Å². The SMILES string of the molecule is COCCn1cc(C(=O)N(CCCN(C)C)Cc2ccc(Cl)c(Cl)c2)ccc1=O. The molecule has 2 rings (SSSR count). The molecule has 0 aliphatic rings. The first-order chi connectivity index (χ1) is 13.8. The quantitative estimate of drug-likeness (QED) is 0.569. The topological polar surface area (TPSA) is 54.8 Å². The molecule has 0 N–H and O–H groups in total. The van der Waals surface area contributed by atoms with Crippen molar-refractivity contribution in [1.29, 1.82) is 0 Å². The molecule has 1 aromatic carbocycles. The summed E-state index contributed by atoms with van der Waals surface area (Å²) in [4.78, 5) is 29.1. The van der Waals surface area contributed by atoms with Gasteiger partial charge in [-0.25, -0.2) is 0 Å². The zero-order chi connectivity index (χ0) is 21.4. The van der Waals surface area contributed by atoms with Crippen LogP contribution >= 0.6 is 23.2 Å². The van der Waals surface area contributed by atoms with Gasteiger partial charge in [-0.1, -0.05) is 29.3 Å². The zero-order valence-corrected chi connectivity index (χ0v) is 18.5. The third-order valence-electron chi connectivity index (χ3n) is 4.44. The number of halogens is 2. The molecule has 0 saturated carbocycles. The fraction of sp³-hybridized carbons (Fsp3) is 0.429. The lowest BCUT2D eigenvalue weighted by atomic mass is 10.1. The number of amides is 1. The highest BCUT2D eigenvalue weighted by atomic mass is 35.5. The van der Waals surface area contributed by atoms with Crippen molar-refractivity contribution < 1.29 is 9.53 Å². The van der Waals surface area contributed by atoms with E-state index in [-0.39, 0.29) is 11.5 Å². The second-order valence-corrected chi connectivity index (χ2v) is 7.89. The summed E-state index contributed by atoms with van der Waals surface area (Å²) in [7, 11) is 5.57. The number of hydrogen-bond acceptors (Lipinski definition) is 4. The van der Waals surface area contributed by atoms with E-state index in [1.165, 1.54) is 10.6 Å². The van der Waals surface area contributed by atoms with Crippen molar-refractivity contribution in [3.8, 4) is 0 Å². The van der Waals surface area contributed by atoms with Gasteiger partial charge in [0.1, 0.15) is 0 Å². The molecule has 0 radical (unpaired) electrons. The van der Waals surface area contributed by atoms with Gasteiger partial charge in [0.25, 0.3) is 11.5 Å². The van der Waals surface area contributed by atoms with Gasteiger partial charge in [0, 0.05) is 39.0 Å². The first-order valence-corrected chi connectivity index (χ1v) is 10.1. The molecule has 0 fully saturated rings. The molecule has 1 aromatic heterocycles. The number of aromatic nitrogens is 1. The number of benzene rings is 1. The molecule has 0 bridgehead atoms. The van der Waals surface area contributed by atoms with E-state index in [4.69, 9.17) is 27.9 Å². The van der Waals surface area contributed by atoms with Crippen LogP contribution in [0.5, 0.6) is 0 Å². The monoisotopic (exact) mass is 439 g/mol. The average molecular weight is 440 g/mol. The molecule has 0 aliphatic carbocycles. The van der Waals surface area contributed by atoms with E-state index >= 15 is 0 Å². The summed E-state index contributed by atoms with van der Waals surface area (Å²) in [5, 5.41) is 0.934. The van der Waals surface area contributed by atoms with E-state index in [1.54, 1.807) is 36.4 Å². The highest BCUT2D eigenvalue weighted by Gasteiger charge is 2.18. The number of carbonyl (C=O) groups is 1. The van der Waals surface area contributed by atoms with E-state index in [9.17, 15) is 9.59 Å². The van der Waals surface area contributed by atoms with Crippen molar-refractivity contribution in [3.05, 3.63) is 68.1 Å². The van der Waals surface area contributed by atoms with Gasteiger partial charge in [0.2, 0.25) is 0 Å². The average Bonchev–Trinajstić information content (AvgIpc) is 2.68. The van der Waals surface area contributed by atoms with Crippen molar-refractivity contribution in [2.24, 2.45) is 0 Å². The Hall–Kier alpha value is -1.86. The maximum atomic E-state index is 13.2. The van der Waals surface area contributed by atoms with Gasteiger partial charge in [-0.15, -0.1) is 0 Å². The van der Waals surface area contributed by atoms with Crippen LogP contribution in [-0.2, 0) is 17.8 Å². The third-order valence-corrected chi connectivity index (χ3v) is 5.18. The van der Waals surface area contributed by atoms with Crippen molar-refractivity contribution in [3.63, 3.8) is 0 Å². The summed E-state index contributed by atoms with van der Waals surface area (Å²) < 4.78 is 6.53. The Kier molecular flexibility index (Phi) is 9.17. The Morgan fingerprint density at radius 2 is 1.86 bits per heavy atom. The smallest absolute Gasteiger partial charge is 0.255 e. The minimum atomic E-state index is -0.165. The van der Waals surface area contributed by atoms with Crippen molar-refractivity contribution in [1.82, 2.24) is 14.4 Å². The number of methoxy groups -OCH3 is 1. The van der Waals surface area contributed by atoms with Crippen molar-refractivity contribution >= 4 is 29.1 Å². The lowest BCUT2D eigenvalue weighted by molar-refractivity contribution is 0.0736. The molecular formula is C21H27Cl2N3O3. The van der Waals surface area contributed by atoms with Crippen LogP contribution in [0.2, 0.25) is 10.0 Å². The molecular weight excluding hydrogens is 413 g/mol. The van der Waals surface area contributed by atoms with E-state index in [2.05, 4.69) is 4.90 Å². The fourth-order valence-corrected chi connectivity index (χ4v) is 3.21. The van der Waals surface area contributed by atoms with Gasteiger partial charge >= 0.3 is 0 Å². The maximum absolute atomic E-state index is 13.2. The van der Waals surface area contributed by atoms with Gasteiger partial charge in [0.15, 0.2) is 0 Å². The van der Waals surface area contributed by atoms with E-state index in [0.717, 1.165) is 18.5 Å². The van der Waals surface area contributed by atoms with E-state index < -0.39 is 0 Å². The predicted molar refractivity (Wildman–Crippen MR) is 117 cm³/mol. The van der Waals surface area contributed by atoms with Crippen LogP contribution in [-0.4, -0.2) is 61.2 Å². The largest absolute Gasteiger partial charge is 0.383 e. The van der Waals surface area contributed by atoms with Crippen LogP contribution in [0.3, 0.4) is 0 Å². The molecule has 0 atom stereocenters. The van der Waals surface area contributed by atoms with Crippen LogP contribution in [0.4, 0.5) is 0 Å². The lowest BCUT2D eigenvalue weighted by Gasteiger charge is -2.24. The molecule has 0 aliphatic heterocycles. The molecule has 0 saturated heterocycles. The minimum Gasteiger partial charge on any atom is -0.383 e. The molecule has 8 heteroatoms. The van der Waals surface area contributed by atoms with Gasteiger partial charge in [-0.2, -0.15) is 0 Å². The molecule has 1 amide bonds. The minimum absolute atomic E-state index is 0.138. The fourth-order valence-electron chi connectivity index (χ4n) is 2.89.